The van der Waals surface area contributed by atoms with Gasteiger partial charge in [0.2, 0.25) is 5.91 Å². The lowest BCUT2D eigenvalue weighted by atomic mass is 9.90. The molecule has 3 rings (SSSR count). The number of anilines is 1. The molecule has 31 heavy (non-hydrogen) atoms. The average Bonchev–Trinajstić information content (AvgIpc) is 2.75. The lowest BCUT2D eigenvalue weighted by Gasteiger charge is -2.26. The monoisotopic (exact) mass is 538 g/mol. The zero-order chi connectivity index (χ0) is 21.3. The molecule has 8 heteroatoms. The highest BCUT2D eigenvalue weighted by Gasteiger charge is 2.24. The Balaban J connectivity index is 0.00000341. The Morgan fingerprint density at radius 1 is 1.16 bits per heavy atom. The number of para-hydroxylation sites is 1. The number of nitrogens with one attached hydrogen (secondary N) is 3. The van der Waals surface area contributed by atoms with E-state index in [1.807, 2.05) is 50.2 Å². The first kappa shape index (κ1) is 24.8. The van der Waals surface area contributed by atoms with Crippen LogP contribution < -0.4 is 25.4 Å². The van der Waals surface area contributed by atoms with E-state index in [1.165, 1.54) is 0 Å². The normalized spacial score (nSPS) is 15.3. The molecule has 3 N–H and O–H groups in total. The molecule has 0 saturated carbocycles. The summed E-state index contributed by atoms with van der Waals surface area (Å²) < 4.78 is 11.0. The summed E-state index contributed by atoms with van der Waals surface area (Å²) in [7, 11) is 1.63. The van der Waals surface area contributed by atoms with E-state index in [-0.39, 0.29) is 35.8 Å². The van der Waals surface area contributed by atoms with Crippen LogP contribution >= 0.6 is 24.0 Å². The largest absolute Gasteiger partial charge is 0.493 e. The summed E-state index contributed by atoms with van der Waals surface area (Å²) in [6, 6.07) is 13.8. The first-order valence-corrected chi connectivity index (χ1v) is 10.3. The number of hydrogen-bond donors (Lipinski definition) is 3. The standard InChI is InChI=1S/C23H30N4O3.HI/c1-4-24-23(25-14-16-10-11-20(29-3)21(12-16)30-5-2)26-15-17-13-22(28)27-19-9-7-6-8-18(17)19;/h6-12,17H,4-5,13-15H2,1-3H3,(H,27,28)(H2,24,25,26);1H. The van der Waals surface area contributed by atoms with E-state index in [4.69, 9.17) is 14.5 Å². The van der Waals surface area contributed by atoms with Gasteiger partial charge in [-0.25, -0.2) is 4.99 Å². The van der Waals surface area contributed by atoms with Crippen molar-refractivity contribution in [2.45, 2.75) is 32.7 Å². The van der Waals surface area contributed by atoms with Gasteiger partial charge in [-0.05, 0) is 43.2 Å². The summed E-state index contributed by atoms with van der Waals surface area (Å²) in [5.41, 5.74) is 3.07. The molecule has 0 radical (unpaired) electrons. The van der Waals surface area contributed by atoms with Crippen molar-refractivity contribution in [3.63, 3.8) is 0 Å². The summed E-state index contributed by atoms with van der Waals surface area (Å²) in [5, 5.41) is 9.60. The van der Waals surface area contributed by atoms with Crippen molar-refractivity contribution in [2.24, 2.45) is 4.99 Å². The predicted octanol–water partition coefficient (Wildman–Crippen LogP) is 3.89. The van der Waals surface area contributed by atoms with Crippen LogP contribution in [0, 0.1) is 0 Å². The molecule has 2 aromatic rings. The van der Waals surface area contributed by atoms with E-state index in [1.54, 1.807) is 7.11 Å². The Hall–Kier alpha value is -2.49. The summed E-state index contributed by atoms with van der Waals surface area (Å²) in [6.45, 7) is 6.43. The third kappa shape index (κ3) is 6.75. The fourth-order valence-corrected chi connectivity index (χ4v) is 3.50. The summed E-state index contributed by atoms with van der Waals surface area (Å²) in [6.07, 6.45) is 0.458. The zero-order valence-corrected chi connectivity index (χ0v) is 20.6. The smallest absolute Gasteiger partial charge is 0.225 e. The van der Waals surface area contributed by atoms with E-state index in [0.29, 0.717) is 31.9 Å². The summed E-state index contributed by atoms with van der Waals surface area (Å²) in [4.78, 5) is 16.7. The highest BCUT2D eigenvalue weighted by atomic mass is 127. The van der Waals surface area contributed by atoms with Crippen molar-refractivity contribution < 1.29 is 14.3 Å². The number of amides is 1. The quantitative estimate of drug-likeness (QED) is 0.270. The number of aliphatic imine (C=N–C) groups is 1. The van der Waals surface area contributed by atoms with E-state index >= 15 is 0 Å². The molecule has 1 unspecified atom stereocenters. The molecule has 0 spiro atoms. The predicted molar refractivity (Wildman–Crippen MR) is 135 cm³/mol. The Labute approximate surface area is 201 Å². The molecule has 1 heterocycles. The number of benzene rings is 2. The molecule has 0 aromatic heterocycles. The summed E-state index contributed by atoms with van der Waals surface area (Å²) >= 11 is 0. The number of guanidine groups is 1. The van der Waals surface area contributed by atoms with Crippen LogP contribution in [0.15, 0.2) is 47.5 Å². The molecule has 168 valence electrons. The van der Waals surface area contributed by atoms with Gasteiger partial charge in [0, 0.05) is 31.1 Å². The van der Waals surface area contributed by atoms with E-state index in [0.717, 1.165) is 35.1 Å². The maximum Gasteiger partial charge on any atom is 0.225 e. The minimum absolute atomic E-state index is 0. The van der Waals surface area contributed by atoms with Crippen molar-refractivity contribution >= 4 is 41.5 Å². The lowest BCUT2D eigenvalue weighted by Crippen LogP contribution is -2.40. The van der Waals surface area contributed by atoms with E-state index in [9.17, 15) is 4.79 Å². The Morgan fingerprint density at radius 3 is 2.71 bits per heavy atom. The second-order valence-electron chi connectivity index (χ2n) is 7.03. The Morgan fingerprint density at radius 2 is 1.97 bits per heavy atom. The van der Waals surface area contributed by atoms with Gasteiger partial charge in [0.25, 0.3) is 0 Å². The fourth-order valence-electron chi connectivity index (χ4n) is 3.50. The van der Waals surface area contributed by atoms with Gasteiger partial charge in [-0.3, -0.25) is 4.79 Å². The lowest BCUT2D eigenvalue weighted by molar-refractivity contribution is -0.116. The van der Waals surface area contributed by atoms with E-state index in [2.05, 4.69) is 22.0 Å². The Kier molecular flexibility index (Phi) is 9.90. The van der Waals surface area contributed by atoms with Crippen molar-refractivity contribution in [1.29, 1.82) is 0 Å². The molecule has 0 aliphatic carbocycles. The SMILES string of the molecule is CCNC(=NCc1ccc(OC)c(OCC)c1)NCC1CC(=O)Nc2ccccc21.I. The third-order valence-corrected chi connectivity index (χ3v) is 4.91. The number of nitrogens with zero attached hydrogens (tertiary/aromatic N) is 1. The number of rotatable bonds is 8. The minimum Gasteiger partial charge on any atom is -0.493 e. The second-order valence-corrected chi connectivity index (χ2v) is 7.03. The van der Waals surface area contributed by atoms with Gasteiger partial charge in [0.15, 0.2) is 17.5 Å². The van der Waals surface area contributed by atoms with Crippen molar-refractivity contribution in [1.82, 2.24) is 10.6 Å². The third-order valence-electron chi connectivity index (χ3n) is 4.91. The van der Waals surface area contributed by atoms with Crippen LogP contribution in [-0.2, 0) is 11.3 Å². The number of hydrogen-bond acceptors (Lipinski definition) is 4. The van der Waals surface area contributed by atoms with Crippen LogP contribution in [-0.4, -0.2) is 38.7 Å². The van der Waals surface area contributed by atoms with Gasteiger partial charge < -0.3 is 25.4 Å². The molecule has 1 atom stereocenters. The molecule has 1 amide bonds. The van der Waals surface area contributed by atoms with Crippen LogP contribution in [0.1, 0.15) is 37.3 Å². The number of ether oxygens (including phenoxy) is 2. The van der Waals surface area contributed by atoms with Gasteiger partial charge in [-0.2, -0.15) is 0 Å². The van der Waals surface area contributed by atoms with Crippen molar-refractivity contribution in [3.05, 3.63) is 53.6 Å². The molecule has 0 fully saturated rings. The number of carbonyl (C=O) groups excluding carboxylic acids is 1. The number of methoxy groups -OCH3 is 1. The number of halogens is 1. The highest BCUT2D eigenvalue weighted by Crippen LogP contribution is 2.31. The maximum absolute atomic E-state index is 12.0. The van der Waals surface area contributed by atoms with Gasteiger partial charge in [-0.15, -0.1) is 24.0 Å². The molecule has 0 bridgehead atoms. The minimum atomic E-state index is 0. The number of carbonyl (C=O) groups is 1. The summed E-state index contributed by atoms with van der Waals surface area (Å²) in [5.74, 6) is 2.29. The second kappa shape index (κ2) is 12.4. The van der Waals surface area contributed by atoms with Gasteiger partial charge >= 0.3 is 0 Å². The topological polar surface area (TPSA) is 84.0 Å². The molecule has 0 saturated heterocycles. The van der Waals surface area contributed by atoms with Crippen LogP contribution in [0.3, 0.4) is 0 Å². The van der Waals surface area contributed by atoms with Crippen LogP contribution in [0.4, 0.5) is 5.69 Å². The van der Waals surface area contributed by atoms with E-state index < -0.39 is 0 Å². The fraction of sp³-hybridized carbons (Fsp3) is 0.391. The van der Waals surface area contributed by atoms with Crippen molar-refractivity contribution in [2.75, 3.05) is 32.1 Å². The first-order chi connectivity index (χ1) is 14.6. The molecule has 1 aliphatic rings. The van der Waals surface area contributed by atoms with Crippen LogP contribution in [0.25, 0.3) is 0 Å². The Bertz CT molecular complexity index is 904. The molecular formula is C23H31IN4O3. The highest BCUT2D eigenvalue weighted by molar-refractivity contribution is 14.0. The average molecular weight is 538 g/mol. The first-order valence-electron chi connectivity index (χ1n) is 10.3. The zero-order valence-electron chi connectivity index (χ0n) is 18.2. The number of fused-ring (bicyclic) bond motifs is 1. The molecular weight excluding hydrogens is 507 g/mol. The molecule has 1 aliphatic heterocycles. The van der Waals surface area contributed by atoms with Crippen LogP contribution in [0.2, 0.25) is 0 Å². The van der Waals surface area contributed by atoms with Gasteiger partial charge in [0.1, 0.15) is 0 Å². The molecule has 2 aromatic carbocycles. The van der Waals surface area contributed by atoms with Crippen LogP contribution in [0.5, 0.6) is 11.5 Å². The maximum atomic E-state index is 12.0. The van der Waals surface area contributed by atoms with Gasteiger partial charge in [-0.1, -0.05) is 24.3 Å². The van der Waals surface area contributed by atoms with Crippen molar-refractivity contribution in [3.8, 4) is 11.5 Å². The van der Waals surface area contributed by atoms with Gasteiger partial charge in [0.05, 0.1) is 20.3 Å². The molecule has 7 nitrogen and oxygen atoms in total.